The van der Waals surface area contributed by atoms with Gasteiger partial charge in [0.1, 0.15) is 11.9 Å². The third kappa shape index (κ3) is 5.16. The van der Waals surface area contributed by atoms with E-state index in [2.05, 4.69) is 16.7 Å². The van der Waals surface area contributed by atoms with Gasteiger partial charge in [0.15, 0.2) is 5.11 Å². The van der Waals surface area contributed by atoms with Crippen LogP contribution in [0.1, 0.15) is 30.0 Å². The van der Waals surface area contributed by atoms with Gasteiger partial charge in [0, 0.05) is 30.0 Å². The van der Waals surface area contributed by atoms with Gasteiger partial charge in [0.05, 0.1) is 19.6 Å². The molecule has 26 heavy (non-hydrogen) atoms. The quantitative estimate of drug-likeness (QED) is 0.660. The number of hydrogen-bond acceptors (Lipinski definition) is 1. The average Bonchev–Trinajstić information content (AvgIpc) is 3.17. The molecular weight excluding hydrogens is 369 g/mol. The summed E-state index contributed by atoms with van der Waals surface area (Å²) in [4.78, 5) is 1.55. The van der Waals surface area contributed by atoms with Gasteiger partial charge in [0.25, 0.3) is 0 Å². The van der Waals surface area contributed by atoms with Crippen molar-refractivity contribution >= 4 is 28.9 Å². The summed E-state index contributed by atoms with van der Waals surface area (Å²) in [5, 5.41) is 7.93. The minimum Gasteiger partial charge on any atom is -0.359 e. The van der Waals surface area contributed by atoms with Crippen LogP contribution in [0.25, 0.3) is 0 Å². The van der Waals surface area contributed by atoms with Crippen molar-refractivity contribution in [1.82, 2.24) is 10.6 Å². The highest BCUT2D eigenvalue weighted by molar-refractivity contribution is 7.80. The van der Waals surface area contributed by atoms with Crippen LogP contribution >= 0.6 is 23.8 Å². The molecule has 1 atom stereocenters. The Hall–Kier alpha value is -1.69. The maximum atomic E-state index is 13.0. The maximum absolute atomic E-state index is 13.0. The van der Waals surface area contributed by atoms with Crippen molar-refractivity contribution in [3.8, 4) is 0 Å². The first-order valence-electron chi connectivity index (χ1n) is 8.98. The number of likely N-dealkylation sites (tertiary alicyclic amines) is 1. The zero-order valence-electron chi connectivity index (χ0n) is 14.6. The lowest BCUT2D eigenvalue weighted by Crippen LogP contribution is -3.11. The summed E-state index contributed by atoms with van der Waals surface area (Å²) in [6, 6.07) is 14.8. The van der Waals surface area contributed by atoms with Gasteiger partial charge in [0.2, 0.25) is 0 Å². The Morgan fingerprint density at radius 3 is 2.46 bits per heavy atom. The molecule has 0 aromatic heterocycles. The molecule has 0 bridgehead atoms. The molecule has 1 heterocycles. The van der Waals surface area contributed by atoms with Gasteiger partial charge in [-0.1, -0.05) is 41.9 Å². The highest BCUT2D eigenvalue weighted by atomic mass is 35.5. The first-order chi connectivity index (χ1) is 12.6. The van der Waals surface area contributed by atoms with E-state index < -0.39 is 0 Å². The largest absolute Gasteiger partial charge is 0.359 e. The molecule has 6 heteroatoms. The summed E-state index contributed by atoms with van der Waals surface area (Å²) >= 11 is 11.9. The summed E-state index contributed by atoms with van der Waals surface area (Å²) in [7, 11) is 0. The molecule has 0 spiro atoms. The molecule has 0 radical (unpaired) electrons. The fourth-order valence-electron chi connectivity index (χ4n) is 3.45. The second-order valence-corrected chi connectivity index (χ2v) is 7.44. The predicted molar refractivity (Wildman–Crippen MR) is 108 cm³/mol. The Kier molecular flexibility index (Phi) is 6.83. The lowest BCUT2D eigenvalue weighted by Gasteiger charge is -2.26. The fraction of sp³-hybridized carbons (Fsp3) is 0.350. The van der Waals surface area contributed by atoms with Crippen LogP contribution in [0.3, 0.4) is 0 Å². The molecule has 0 aliphatic carbocycles. The van der Waals surface area contributed by atoms with Gasteiger partial charge >= 0.3 is 0 Å². The highest BCUT2D eigenvalue weighted by Crippen LogP contribution is 2.21. The summed E-state index contributed by atoms with van der Waals surface area (Å²) in [6.07, 6.45) is 2.51. The Morgan fingerprint density at radius 1 is 1.08 bits per heavy atom. The zero-order chi connectivity index (χ0) is 18.4. The molecule has 1 saturated heterocycles. The van der Waals surface area contributed by atoms with Crippen molar-refractivity contribution in [2.75, 3.05) is 19.6 Å². The second-order valence-electron chi connectivity index (χ2n) is 6.63. The number of rotatable bonds is 6. The van der Waals surface area contributed by atoms with E-state index in [0.717, 1.165) is 30.2 Å². The maximum Gasteiger partial charge on any atom is 0.166 e. The van der Waals surface area contributed by atoms with Crippen LogP contribution in [-0.4, -0.2) is 24.7 Å². The van der Waals surface area contributed by atoms with Crippen LogP contribution < -0.4 is 15.5 Å². The van der Waals surface area contributed by atoms with Crippen molar-refractivity contribution < 1.29 is 9.29 Å². The van der Waals surface area contributed by atoms with E-state index in [-0.39, 0.29) is 11.9 Å². The van der Waals surface area contributed by atoms with Crippen LogP contribution in [0.4, 0.5) is 4.39 Å². The lowest BCUT2D eigenvalue weighted by molar-refractivity contribution is -0.918. The fourth-order valence-corrected chi connectivity index (χ4v) is 3.87. The molecule has 2 aromatic carbocycles. The van der Waals surface area contributed by atoms with E-state index in [9.17, 15) is 4.39 Å². The van der Waals surface area contributed by atoms with Crippen LogP contribution in [0.2, 0.25) is 5.02 Å². The topological polar surface area (TPSA) is 28.5 Å². The summed E-state index contributed by atoms with van der Waals surface area (Å²) in [6.45, 7) is 3.62. The number of benzene rings is 2. The van der Waals surface area contributed by atoms with Gasteiger partial charge in [-0.05, 0) is 36.0 Å². The van der Waals surface area contributed by atoms with Gasteiger partial charge in [-0.25, -0.2) is 4.39 Å². The van der Waals surface area contributed by atoms with E-state index in [1.54, 1.807) is 17.0 Å². The molecule has 2 aromatic rings. The van der Waals surface area contributed by atoms with Crippen LogP contribution in [0.5, 0.6) is 0 Å². The number of nitrogens with one attached hydrogen (secondary N) is 3. The SMILES string of the molecule is Fc1ccc(CNC(=S)NC[C@@H](c2ccccc2Cl)[NH+]2CCCC2)cc1. The summed E-state index contributed by atoms with van der Waals surface area (Å²) in [5.41, 5.74) is 2.16. The third-order valence-corrected chi connectivity index (χ3v) is 5.49. The van der Waals surface area contributed by atoms with Gasteiger partial charge in [-0.3, -0.25) is 0 Å². The van der Waals surface area contributed by atoms with Crippen LogP contribution in [-0.2, 0) is 6.54 Å². The summed E-state index contributed by atoms with van der Waals surface area (Å²) in [5.74, 6) is -0.231. The number of halogens is 2. The molecule has 1 aliphatic rings. The van der Waals surface area contributed by atoms with Crippen molar-refractivity contribution in [2.45, 2.75) is 25.4 Å². The molecule has 1 fully saturated rings. The number of thiocarbonyl (C=S) groups is 1. The van der Waals surface area contributed by atoms with Crippen molar-refractivity contribution in [3.63, 3.8) is 0 Å². The molecule has 0 amide bonds. The van der Waals surface area contributed by atoms with Crippen LogP contribution in [0, 0.1) is 5.82 Å². The van der Waals surface area contributed by atoms with Crippen molar-refractivity contribution in [1.29, 1.82) is 0 Å². The first-order valence-corrected chi connectivity index (χ1v) is 9.77. The number of quaternary nitrogens is 1. The summed E-state index contributed by atoms with van der Waals surface area (Å²) < 4.78 is 13.0. The minimum absolute atomic E-state index is 0.231. The Labute approximate surface area is 164 Å². The first kappa shape index (κ1) is 19.1. The predicted octanol–water partition coefficient (Wildman–Crippen LogP) is 2.86. The molecule has 1 aliphatic heterocycles. The average molecular weight is 393 g/mol. The van der Waals surface area contributed by atoms with E-state index >= 15 is 0 Å². The molecule has 3 N–H and O–H groups in total. The van der Waals surface area contributed by atoms with Gasteiger partial charge in [-0.2, -0.15) is 0 Å². The Balaban J connectivity index is 1.57. The molecule has 3 rings (SSSR count). The molecule has 0 saturated carbocycles. The van der Waals surface area contributed by atoms with Gasteiger partial charge in [-0.15, -0.1) is 0 Å². The monoisotopic (exact) mass is 392 g/mol. The van der Waals surface area contributed by atoms with Gasteiger partial charge < -0.3 is 15.5 Å². The third-order valence-electron chi connectivity index (χ3n) is 4.85. The van der Waals surface area contributed by atoms with Crippen molar-refractivity contribution in [2.24, 2.45) is 0 Å². The standard InChI is InChI=1S/C20H23ClFN3S/c21-18-6-2-1-5-17(18)19(25-11-3-4-12-25)14-24-20(26)23-13-15-7-9-16(22)10-8-15/h1-2,5-10,19H,3-4,11-14H2,(H2,23,24,26)/p+1/t19-/m0/s1. The second kappa shape index (κ2) is 9.31. The molecular formula is C20H24ClFN3S+. The highest BCUT2D eigenvalue weighted by Gasteiger charge is 2.28. The molecule has 138 valence electrons. The Bertz CT molecular complexity index is 732. The normalized spacial score (nSPS) is 15.6. The zero-order valence-corrected chi connectivity index (χ0v) is 16.2. The smallest absolute Gasteiger partial charge is 0.166 e. The Morgan fingerprint density at radius 2 is 1.77 bits per heavy atom. The van der Waals surface area contributed by atoms with Crippen molar-refractivity contribution in [3.05, 3.63) is 70.5 Å². The van der Waals surface area contributed by atoms with E-state index in [4.69, 9.17) is 23.8 Å². The van der Waals surface area contributed by atoms with Crippen LogP contribution in [0.15, 0.2) is 48.5 Å². The number of hydrogen-bond donors (Lipinski definition) is 3. The molecule has 3 nitrogen and oxygen atoms in total. The lowest BCUT2D eigenvalue weighted by atomic mass is 10.1. The van der Waals surface area contributed by atoms with E-state index in [1.807, 2.05) is 18.2 Å². The van der Waals surface area contributed by atoms with E-state index in [1.165, 1.54) is 30.5 Å². The minimum atomic E-state index is -0.231. The van der Waals surface area contributed by atoms with E-state index in [0.29, 0.717) is 11.7 Å². The molecule has 0 unspecified atom stereocenters.